The second-order valence-electron chi connectivity index (χ2n) is 6.60. The van der Waals surface area contributed by atoms with Crippen LogP contribution in [-0.2, 0) is 6.61 Å². The molecule has 5 nitrogen and oxygen atoms in total. The Morgan fingerprint density at radius 2 is 1.66 bits per heavy atom. The van der Waals surface area contributed by atoms with Gasteiger partial charge in [-0.1, -0.05) is 36.4 Å². The van der Waals surface area contributed by atoms with E-state index in [0.717, 1.165) is 16.9 Å². The number of hydrogen-bond donors (Lipinski definition) is 1. The SMILES string of the molecule is COc1cccc(OCc2cc(C(=O)N[C@H](C)c3ccccc3)ccc2OC)c1. The molecule has 1 atom stereocenters. The van der Waals surface area contributed by atoms with E-state index < -0.39 is 0 Å². The lowest BCUT2D eigenvalue weighted by Crippen LogP contribution is -2.26. The molecule has 3 rings (SSSR count). The Bertz CT molecular complexity index is 956. The molecular weight excluding hydrogens is 366 g/mol. The summed E-state index contributed by atoms with van der Waals surface area (Å²) in [5.74, 6) is 1.92. The smallest absolute Gasteiger partial charge is 0.251 e. The van der Waals surface area contributed by atoms with Crippen molar-refractivity contribution < 1.29 is 19.0 Å². The van der Waals surface area contributed by atoms with E-state index in [1.165, 1.54) is 0 Å². The first kappa shape index (κ1) is 20.3. The van der Waals surface area contributed by atoms with Gasteiger partial charge in [0.25, 0.3) is 5.91 Å². The second-order valence-corrected chi connectivity index (χ2v) is 6.60. The van der Waals surface area contributed by atoms with Crippen LogP contribution in [0, 0.1) is 0 Å². The van der Waals surface area contributed by atoms with Crippen molar-refractivity contribution in [3.8, 4) is 17.2 Å². The van der Waals surface area contributed by atoms with Crippen LogP contribution in [0.15, 0.2) is 72.8 Å². The lowest BCUT2D eigenvalue weighted by atomic mass is 10.1. The molecule has 0 aliphatic rings. The minimum atomic E-state index is -0.147. The first-order valence-electron chi connectivity index (χ1n) is 9.40. The van der Waals surface area contributed by atoms with Crippen LogP contribution in [0.25, 0.3) is 0 Å². The monoisotopic (exact) mass is 391 g/mol. The lowest BCUT2D eigenvalue weighted by Gasteiger charge is -2.16. The van der Waals surface area contributed by atoms with Crippen LogP contribution >= 0.6 is 0 Å². The van der Waals surface area contributed by atoms with Crippen molar-refractivity contribution in [2.45, 2.75) is 19.6 Å². The molecule has 0 saturated heterocycles. The molecule has 0 radical (unpaired) electrons. The first-order valence-corrected chi connectivity index (χ1v) is 9.40. The van der Waals surface area contributed by atoms with Crippen LogP contribution in [0.5, 0.6) is 17.2 Å². The van der Waals surface area contributed by atoms with Crippen LogP contribution in [0.1, 0.15) is 34.5 Å². The van der Waals surface area contributed by atoms with Gasteiger partial charge in [0, 0.05) is 17.2 Å². The van der Waals surface area contributed by atoms with Gasteiger partial charge >= 0.3 is 0 Å². The highest BCUT2D eigenvalue weighted by Crippen LogP contribution is 2.24. The van der Waals surface area contributed by atoms with Gasteiger partial charge in [0.05, 0.1) is 20.3 Å². The minimum absolute atomic E-state index is 0.0951. The fraction of sp³-hybridized carbons (Fsp3) is 0.208. The predicted octanol–water partition coefficient (Wildman–Crippen LogP) is 4.77. The molecule has 3 aromatic rings. The van der Waals surface area contributed by atoms with Crippen LogP contribution in [0.3, 0.4) is 0 Å². The van der Waals surface area contributed by atoms with Crippen LogP contribution in [-0.4, -0.2) is 20.1 Å². The van der Waals surface area contributed by atoms with Gasteiger partial charge in [-0.25, -0.2) is 0 Å². The highest BCUT2D eigenvalue weighted by atomic mass is 16.5. The summed E-state index contributed by atoms with van der Waals surface area (Å²) >= 11 is 0. The molecule has 150 valence electrons. The van der Waals surface area contributed by atoms with Gasteiger partial charge in [-0.2, -0.15) is 0 Å². The van der Waals surface area contributed by atoms with Gasteiger partial charge in [-0.15, -0.1) is 0 Å². The van der Waals surface area contributed by atoms with E-state index in [0.29, 0.717) is 17.1 Å². The van der Waals surface area contributed by atoms with Gasteiger partial charge < -0.3 is 19.5 Å². The van der Waals surface area contributed by atoms with Crippen LogP contribution < -0.4 is 19.5 Å². The predicted molar refractivity (Wildman–Crippen MR) is 113 cm³/mol. The van der Waals surface area contributed by atoms with Crippen LogP contribution in [0.4, 0.5) is 0 Å². The Hall–Kier alpha value is -3.47. The molecule has 0 bridgehead atoms. The van der Waals surface area contributed by atoms with E-state index in [1.807, 2.05) is 61.5 Å². The van der Waals surface area contributed by atoms with Crippen molar-refractivity contribution in [1.82, 2.24) is 5.32 Å². The number of nitrogens with one attached hydrogen (secondary N) is 1. The maximum atomic E-state index is 12.7. The highest BCUT2D eigenvalue weighted by molar-refractivity contribution is 5.94. The minimum Gasteiger partial charge on any atom is -0.497 e. The third-order valence-electron chi connectivity index (χ3n) is 4.63. The van der Waals surface area contributed by atoms with Crippen molar-refractivity contribution in [2.75, 3.05) is 14.2 Å². The standard InChI is InChI=1S/C24H25NO4/c1-17(18-8-5-4-6-9-18)25-24(26)19-12-13-23(28-3)20(14-19)16-29-22-11-7-10-21(15-22)27-2/h4-15,17H,16H2,1-3H3,(H,25,26)/t17-/m1/s1. The van der Waals surface area contributed by atoms with Crippen molar-refractivity contribution in [3.05, 3.63) is 89.5 Å². The number of rotatable bonds is 8. The van der Waals surface area contributed by atoms with Crippen molar-refractivity contribution >= 4 is 5.91 Å². The van der Waals surface area contributed by atoms with E-state index >= 15 is 0 Å². The van der Waals surface area contributed by atoms with Gasteiger partial charge in [0.2, 0.25) is 0 Å². The van der Waals surface area contributed by atoms with Gasteiger partial charge in [0.1, 0.15) is 23.9 Å². The Morgan fingerprint density at radius 1 is 0.897 bits per heavy atom. The summed E-state index contributed by atoms with van der Waals surface area (Å²) in [4.78, 5) is 12.7. The van der Waals surface area contributed by atoms with Crippen LogP contribution in [0.2, 0.25) is 0 Å². The molecular formula is C24H25NO4. The quantitative estimate of drug-likeness (QED) is 0.601. The number of hydrogen-bond acceptors (Lipinski definition) is 4. The molecule has 5 heteroatoms. The Morgan fingerprint density at radius 3 is 2.38 bits per heavy atom. The summed E-state index contributed by atoms with van der Waals surface area (Å²) in [6.07, 6.45) is 0. The van der Waals surface area contributed by atoms with E-state index in [4.69, 9.17) is 14.2 Å². The maximum Gasteiger partial charge on any atom is 0.251 e. The third-order valence-corrected chi connectivity index (χ3v) is 4.63. The molecule has 0 saturated carbocycles. The topological polar surface area (TPSA) is 56.8 Å². The molecule has 1 amide bonds. The van der Waals surface area contributed by atoms with Gasteiger partial charge in [-0.3, -0.25) is 4.79 Å². The number of carbonyl (C=O) groups excluding carboxylic acids is 1. The summed E-state index contributed by atoms with van der Waals surface area (Å²) in [5.41, 5.74) is 2.39. The number of methoxy groups -OCH3 is 2. The van der Waals surface area contributed by atoms with Gasteiger partial charge in [-0.05, 0) is 42.8 Å². The fourth-order valence-corrected chi connectivity index (χ4v) is 2.99. The average Bonchev–Trinajstić information content (AvgIpc) is 2.78. The highest BCUT2D eigenvalue weighted by Gasteiger charge is 2.14. The zero-order valence-corrected chi connectivity index (χ0v) is 16.8. The summed E-state index contributed by atoms with van der Waals surface area (Å²) in [5, 5.41) is 3.03. The van der Waals surface area contributed by atoms with E-state index in [-0.39, 0.29) is 18.6 Å². The van der Waals surface area contributed by atoms with E-state index in [9.17, 15) is 4.79 Å². The molecule has 0 spiro atoms. The summed E-state index contributed by atoms with van der Waals surface area (Å²) in [6.45, 7) is 2.23. The molecule has 1 N–H and O–H groups in total. The molecule has 0 heterocycles. The first-order chi connectivity index (χ1) is 14.1. The Labute approximate surface area is 171 Å². The number of carbonyl (C=O) groups is 1. The second kappa shape index (κ2) is 9.64. The molecule has 29 heavy (non-hydrogen) atoms. The fourth-order valence-electron chi connectivity index (χ4n) is 2.99. The summed E-state index contributed by atoms with van der Waals surface area (Å²) in [7, 11) is 3.21. The lowest BCUT2D eigenvalue weighted by molar-refractivity contribution is 0.0939. The van der Waals surface area contributed by atoms with E-state index in [1.54, 1.807) is 32.4 Å². The molecule has 0 aliphatic carbocycles. The third kappa shape index (κ3) is 5.29. The molecule has 0 fully saturated rings. The summed E-state index contributed by atoms with van der Waals surface area (Å²) < 4.78 is 16.5. The molecule has 3 aromatic carbocycles. The normalized spacial score (nSPS) is 11.4. The average molecular weight is 391 g/mol. The van der Waals surface area contributed by atoms with Gasteiger partial charge in [0.15, 0.2) is 0 Å². The van der Waals surface area contributed by atoms with Crippen molar-refractivity contribution in [3.63, 3.8) is 0 Å². The molecule has 0 unspecified atom stereocenters. The zero-order chi connectivity index (χ0) is 20.6. The largest absolute Gasteiger partial charge is 0.497 e. The van der Waals surface area contributed by atoms with Crippen molar-refractivity contribution in [1.29, 1.82) is 0 Å². The Balaban J connectivity index is 1.73. The molecule has 0 aliphatic heterocycles. The summed E-state index contributed by atoms with van der Waals surface area (Å²) in [6, 6.07) is 22.5. The number of ether oxygens (including phenoxy) is 3. The Kier molecular flexibility index (Phi) is 6.74. The maximum absolute atomic E-state index is 12.7. The number of amides is 1. The van der Waals surface area contributed by atoms with E-state index in [2.05, 4.69) is 5.32 Å². The molecule has 0 aromatic heterocycles. The number of benzene rings is 3. The van der Waals surface area contributed by atoms with Crippen molar-refractivity contribution in [2.24, 2.45) is 0 Å². The zero-order valence-electron chi connectivity index (χ0n) is 16.8.